The Balaban J connectivity index is 1.38. The van der Waals surface area contributed by atoms with Crippen LogP contribution in [0.3, 0.4) is 0 Å². The van der Waals surface area contributed by atoms with Crippen LogP contribution in [-0.4, -0.2) is 34.3 Å². The third-order valence-corrected chi connectivity index (χ3v) is 6.21. The number of aromatic nitrogens is 2. The van der Waals surface area contributed by atoms with Crippen LogP contribution in [0.1, 0.15) is 27.9 Å². The molecule has 4 rings (SSSR count). The standard InChI is InChI=1S/C22H19ClN4O3S/c1-12(28)18-3-4-19(31-18)13-8-14-9-16(30-21(14)17(23)10-13)11-26-20(29)5-2-15-6-7-25-22(24)27-15/h2-8,10,16H,9,11H2,1H3,(H,26,29)(H2,24,25,27)/b5-2+. The van der Waals surface area contributed by atoms with E-state index in [2.05, 4.69) is 15.3 Å². The number of rotatable bonds is 6. The second-order valence-corrected chi connectivity index (χ2v) is 8.52. The minimum absolute atomic E-state index is 0.0416. The molecule has 158 valence electrons. The molecule has 2 aromatic heterocycles. The van der Waals surface area contributed by atoms with Crippen LogP contribution in [-0.2, 0) is 11.2 Å². The summed E-state index contributed by atoms with van der Waals surface area (Å²) in [5.41, 5.74) is 8.00. The Bertz CT molecular complexity index is 1190. The van der Waals surface area contributed by atoms with E-state index in [9.17, 15) is 9.59 Å². The van der Waals surface area contributed by atoms with E-state index in [1.807, 2.05) is 24.3 Å². The number of ketones is 1. The van der Waals surface area contributed by atoms with Gasteiger partial charge in [0.25, 0.3) is 0 Å². The summed E-state index contributed by atoms with van der Waals surface area (Å²) >= 11 is 7.88. The van der Waals surface area contributed by atoms with Crippen LogP contribution in [0.2, 0.25) is 5.02 Å². The van der Waals surface area contributed by atoms with Gasteiger partial charge in [0.15, 0.2) is 5.78 Å². The van der Waals surface area contributed by atoms with Crippen molar-refractivity contribution in [3.05, 3.63) is 63.8 Å². The molecule has 0 spiro atoms. The molecule has 0 radical (unpaired) electrons. The van der Waals surface area contributed by atoms with Crippen LogP contribution in [0.25, 0.3) is 16.5 Å². The highest BCUT2D eigenvalue weighted by molar-refractivity contribution is 7.17. The first-order valence-corrected chi connectivity index (χ1v) is 10.7. The van der Waals surface area contributed by atoms with Crippen LogP contribution in [0.15, 0.2) is 42.6 Å². The zero-order chi connectivity index (χ0) is 22.0. The summed E-state index contributed by atoms with van der Waals surface area (Å²) in [5, 5.41) is 3.34. The van der Waals surface area contributed by atoms with Crippen molar-refractivity contribution in [3.63, 3.8) is 0 Å². The lowest BCUT2D eigenvalue weighted by Gasteiger charge is -2.11. The highest BCUT2D eigenvalue weighted by atomic mass is 35.5. The first kappa shape index (κ1) is 21.0. The summed E-state index contributed by atoms with van der Waals surface area (Å²) in [5.74, 6) is 0.565. The largest absolute Gasteiger partial charge is 0.486 e. The molecule has 1 unspecified atom stereocenters. The van der Waals surface area contributed by atoms with E-state index >= 15 is 0 Å². The number of nitrogens with two attached hydrogens (primary N) is 1. The lowest BCUT2D eigenvalue weighted by Crippen LogP contribution is -2.33. The molecule has 0 bridgehead atoms. The van der Waals surface area contributed by atoms with Crippen LogP contribution in [0.4, 0.5) is 5.95 Å². The third kappa shape index (κ3) is 4.92. The first-order chi connectivity index (χ1) is 14.9. The van der Waals surface area contributed by atoms with E-state index in [-0.39, 0.29) is 23.7 Å². The molecule has 7 nitrogen and oxygen atoms in total. The fourth-order valence-corrected chi connectivity index (χ4v) is 4.41. The SMILES string of the molecule is CC(=O)c1ccc(-c2cc(Cl)c3c(c2)CC(CNC(=O)/C=C/c2ccnc(N)n2)O3)s1. The van der Waals surface area contributed by atoms with E-state index in [0.29, 0.717) is 34.3 Å². The number of carbonyl (C=O) groups is 2. The molecule has 9 heteroatoms. The number of hydrogen-bond acceptors (Lipinski definition) is 7. The fourth-order valence-electron chi connectivity index (χ4n) is 3.24. The zero-order valence-corrected chi connectivity index (χ0v) is 18.2. The quantitative estimate of drug-likeness (QED) is 0.433. The number of Topliss-reactive ketones (excluding diaryl/α,β-unsaturated/α-hetero) is 1. The minimum atomic E-state index is -0.265. The van der Waals surface area contributed by atoms with E-state index in [4.69, 9.17) is 22.1 Å². The number of carbonyl (C=O) groups excluding carboxylic acids is 2. The van der Waals surface area contributed by atoms with Crippen molar-refractivity contribution in [2.24, 2.45) is 0 Å². The number of halogens is 1. The number of anilines is 1. The average molecular weight is 455 g/mol. The normalized spacial score (nSPS) is 15.0. The van der Waals surface area contributed by atoms with Gasteiger partial charge in [0.1, 0.15) is 11.9 Å². The Hall–Kier alpha value is -3.23. The van der Waals surface area contributed by atoms with E-state index in [1.165, 1.54) is 23.6 Å². The van der Waals surface area contributed by atoms with E-state index in [1.54, 1.807) is 19.1 Å². The van der Waals surface area contributed by atoms with Crippen molar-refractivity contribution >= 4 is 46.7 Å². The molecular weight excluding hydrogens is 436 g/mol. The van der Waals surface area contributed by atoms with Crippen molar-refractivity contribution in [2.45, 2.75) is 19.4 Å². The Morgan fingerprint density at radius 3 is 2.94 bits per heavy atom. The predicted octanol–water partition coefficient (Wildman–Crippen LogP) is 3.78. The summed E-state index contributed by atoms with van der Waals surface area (Å²) in [6, 6.07) is 9.26. The number of amides is 1. The maximum atomic E-state index is 12.1. The molecule has 3 N–H and O–H groups in total. The van der Waals surface area contributed by atoms with Gasteiger partial charge in [-0.25, -0.2) is 9.97 Å². The molecule has 1 atom stereocenters. The number of benzene rings is 1. The van der Waals surface area contributed by atoms with Crippen molar-refractivity contribution in [1.82, 2.24) is 15.3 Å². The molecule has 0 saturated heterocycles. The van der Waals surface area contributed by atoms with Crippen molar-refractivity contribution in [3.8, 4) is 16.2 Å². The van der Waals surface area contributed by atoms with Gasteiger partial charge in [-0.2, -0.15) is 0 Å². The molecule has 1 aliphatic heterocycles. The third-order valence-electron chi connectivity index (χ3n) is 4.70. The topological polar surface area (TPSA) is 107 Å². The summed E-state index contributed by atoms with van der Waals surface area (Å²) in [6.45, 7) is 1.89. The maximum absolute atomic E-state index is 12.1. The molecule has 1 aromatic carbocycles. The smallest absolute Gasteiger partial charge is 0.244 e. The molecular formula is C22H19ClN4O3S. The molecule has 1 amide bonds. The molecule has 0 fully saturated rings. The summed E-state index contributed by atoms with van der Waals surface area (Å²) in [6.07, 6.45) is 4.89. The number of hydrogen-bond donors (Lipinski definition) is 2. The van der Waals surface area contributed by atoms with Crippen LogP contribution < -0.4 is 15.8 Å². The number of nitrogen functional groups attached to an aromatic ring is 1. The highest BCUT2D eigenvalue weighted by Crippen LogP contribution is 2.41. The molecule has 31 heavy (non-hydrogen) atoms. The van der Waals surface area contributed by atoms with Gasteiger partial charge in [-0.3, -0.25) is 9.59 Å². The van der Waals surface area contributed by atoms with Gasteiger partial charge in [0.05, 0.1) is 22.1 Å². The van der Waals surface area contributed by atoms with Gasteiger partial charge in [-0.15, -0.1) is 11.3 Å². The van der Waals surface area contributed by atoms with E-state index in [0.717, 1.165) is 16.0 Å². The van der Waals surface area contributed by atoms with Gasteiger partial charge in [0, 0.05) is 29.1 Å². The van der Waals surface area contributed by atoms with Crippen molar-refractivity contribution in [2.75, 3.05) is 12.3 Å². The second kappa shape index (κ2) is 8.87. The second-order valence-electron chi connectivity index (χ2n) is 7.03. The molecule has 0 aliphatic carbocycles. The number of nitrogens with zero attached hydrogens (tertiary/aromatic N) is 2. The fraction of sp³-hybridized carbons (Fsp3) is 0.182. The highest BCUT2D eigenvalue weighted by Gasteiger charge is 2.26. The summed E-state index contributed by atoms with van der Waals surface area (Å²) in [4.78, 5) is 33.2. The number of ether oxygens (including phenoxy) is 1. The number of thiophene rings is 1. The molecule has 0 saturated carbocycles. The Morgan fingerprint density at radius 2 is 2.19 bits per heavy atom. The van der Waals surface area contributed by atoms with Gasteiger partial charge < -0.3 is 15.8 Å². The van der Waals surface area contributed by atoms with Crippen LogP contribution in [0, 0.1) is 0 Å². The molecule has 1 aliphatic rings. The van der Waals surface area contributed by atoms with Gasteiger partial charge in [-0.05, 0) is 48.9 Å². The van der Waals surface area contributed by atoms with Gasteiger partial charge in [0.2, 0.25) is 11.9 Å². The Kier molecular flexibility index (Phi) is 6.01. The Labute approximate surface area is 187 Å². The Morgan fingerprint density at radius 1 is 1.35 bits per heavy atom. The van der Waals surface area contributed by atoms with Crippen molar-refractivity contribution in [1.29, 1.82) is 0 Å². The average Bonchev–Trinajstić information content (AvgIpc) is 3.38. The number of nitrogens with one attached hydrogen (secondary N) is 1. The monoisotopic (exact) mass is 454 g/mol. The molecule has 3 aromatic rings. The van der Waals surface area contributed by atoms with Crippen LogP contribution in [0.5, 0.6) is 5.75 Å². The van der Waals surface area contributed by atoms with Gasteiger partial charge in [-0.1, -0.05) is 11.6 Å². The minimum Gasteiger partial charge on any atom is -0.486 e. The summed E-state index contributed by atoms with van der Waals surface area (Å²) < 4.78 is 5.94. The lowest BCUT2D eigenvalue weighted by atomic mass is 10.1. The predicted molar refractivity (Wildman–Crippen MR) is 121 cm³/mol. The lowest BCUT2D eigenvalue weighted by molar-refractivity contribution is -0.116. The van der Waals surface area contributed by atoms with Crippen LogP contribution >= 0.6 is 22.9 Å². The number of fused-ring (bicyclic) bond motifs is 1. The zero-order valence-electron chi connectivity index (χ0n) is 16.6. The van der Waals surface area contributed by atoms with Gasteiger partial charge >= 0.3 is 0 Å². The van der Waals surface area contributed by atoms with Crippen molar-refractivity contribution < 1.29 is 14.3 Å². The molecule has 3 heterocycles. The maximum Gasteiger partial charge on any atom is 0.244 e. The van der Waals surface area contributed by atoms with E-state index < -0.39 is 0 Å². The first-order valence-electron chi connectivity index (χ1n) is 9.53. The summed E-state index contributed by atoms with van der Waals surface area (Å²) in [7, 11) is 0.